The predicted molar refractivity (Wildman–Crippen MR) is 120 cm³/mol. The largest absolute Gasteiger partial charge is 0.497 e. The van der Waals surface area contributed by atoms with Crippen molar-refractivity contribution in [2.45, 2.75) is 11.8 Å². The lowest BCUT2D eigenvalue weighted by molar-refractivity contribution is -0.114. The highest BCUT2D eigenvalue weighted by Gasteiger charge is 2.27. The summed E-state index contributed by atoms with van der Waals surface area (Å²) in [6.45, 7) is 1.35. The van der Waals surface area contributed by atoms with Crippen molar-refractivity contribution in [3.05, 3.63) is 78.1 Å². The Kier molecular flexibility index (Phi) is 6.99. The molecule has 3 aromatic carbocycles. The summed E-state index contributed by atoms with van der Waals surface area (Å²) in [7, 11) is -1.21. The Bertz CT molecular complexity index is 1200. The molecule has 3 aromatic rings. The molecule has 3 rings (SSSR count). The van der Waals surface area contributed by atoms with Crippen LogP contribution in [-0.2, 0) is 14.8 Å². The molecule has 0 unspecified atom stereocenters. The molecule has 0 aliphatic heterocycles. The number of halogens is 1. The number of anilines is 2. The van der Waals surface area contributed by atoms with Gasteiger partial charge in [-0.25, -0.2) is 12.8 Å². The van der Waals surface area contributed by atoms with Crippen molar-refractivity contribution < 1.29 is 27.1 Å². The Labute approximate surface area is 186 Å². The molecule has 0 aliphatic carbocycles. The number of hydrogen-bond donors (Lipinski definition) is 1. The smallest absolute Gasteiger partial charge is 0.264 e. The average molecular weight is 459 g/mol. The summed E-state index contributed by atoms with van der Waals surface area (Å²) in [5.74, 6) is -0.269. The summed E-state index contributed by atoms with van der Waals surface area (Å²) in [4.78, 5) is 12.8. The van der Waals surface area contributed by atoms with E-state index in [1.807, 2.05) is 6.92 Å². The minimum Gasteiger partial charge on any atom is -0.497 e. The molecule has 1 amide bonds. The molecule has 0 bridgehead atoms. The van der Waals surface area contributed by atoms with Crippen molar-refractivity contribution in [2.24, 2.45) is 0 Å². The number of carbonyl (C=O) groups excluding carboxylic acids is 1. The maximum Gasteiger partial charge on any atom is 0.264 e. The van der Waals surface area contributed by atoms with E-state index in [1.165, 1.54) is 14.2 Å². The van der Waals surface area contributed by atoms with E-state index in [0.717, 1.165) is 34.1 Å². The quantitative estimate of drug-likeness (QED) is 0.552. The molecule has 0 saturated carbocycles. The first-order chi connectivity index (χ1) is 15.2. The molecule has 0 fully saturated rings. The zero-order valence-electron chi connectivity index (χ0n) is 17.8. The van der Waals surface area contributed by atoms with Crippen molar-refractivity contribution in [3.63, 3.8) is 0 Å². The molecule has 7 nitrogen and oxygen atoms in total. The number of nitrogens with zero attached hydrogens (tertiary/aromatic N) is 1. The van der Waals surface area contributed by atoms with Gasteiger partial charge in [-0.05, 0) is 55.5 Å². The van der Waals surface area contributed by atoms with Gasteiger partial charge in [-0.15, -0.1) is 0 Å². The van der Waals surface area contributed by atoms with Crippen molar-refractivity contribution in [1.29, 1.82) is 0 Å². The van der Waals surface area contributed by atoms with Gasteiger partial charge in [0.15, 0.2) is 0 Å². The maximum absolute atomic E-state index is 13.3. The van der Waals surface area contributed by atoms with Crippen molar-refractivity contribution >= 4 is 27.3 Å². The van der Waals surface area contributed by atoms with E-state index < -0.39 is 28.3 Å². The third-order valence-electron chi connectivity index (χ3n) is 4.69. The van der Waals surface area contributed by atoms with E-state index in [0.29, 0.717) is 22.9 Å². The lowest BCUT2D eigenvalue weighted by Crippen LogP contribution is -2.38. The van der Waals surface area contributed by atoms with Gasteiger partial charge in [0, 0.05) is 6.07 Å². The topological polar surface area (TPSA) is 84.9 Å². The van der Waals surface area contributed by atoms with Crippen LogP contribution in [0.25, 0.3) is 0 Å². The Morgan fingerprint density at radius 2 is 1.62 bits per heavy atom. The molecule has 0 aliphatic rings. The molecule has 0 atom stereocenters. The zero-order valence-corrected chi connectivity index (χ0v) is 18.6. The second kappa shape index (κ2) is 9.69. The minimum atomic E-state index is -4.15. The van der Waals surface area contributed by atoms with Crippen LogP contribution in [0.4, 0.5) is 15.8 Å². The molecule has 0 heterocycles. The minimum absolute atomic E-state index is 0.133. The number of carbonyl (C=O) groups is 1. The number of hydrogen-bond acceptors (Lipinski definition) is 5. The van der Waals surface area contributed by atoms with E-state index >= 15 is 0 Å². The van der Waals surface area contributed by atoms with Crippen LogP contribution in [0.15, 0.2) is 71.6 Å². The standard InChI is InChI=1S/C23H23FN2O5S/c1-16-4-8-18(9-5-16)26(32(28,29)20-11-6-17(24)7-12-20)15-23(27)25-21-14-19(30-2)10-13-22(21)31-3/h4-14H,15H2,1-3H3,(H,25,27). The number of amides is 1. The molecule has 9 heteroatoms. The van der Waals surface area contributed by atoms with E-state index in [4.69, 9.17) is 9.47 Å². The lowest BCUT2D eigenvalue weighted by Gasteiger charge is -2.24. The Morgan fingerprint density at radius 3 is 2.22 bits per heavy atom. The van der Waals surface area contributed by atoms with Crippen molar-refractivity contribution in [1.82, 2.24) is 0 Å². The lowest BCUT2D eigenvalue weighted by atomic mass is 10.2. The van der Waals surface area contributed by atoms with Gasteiger partial charge in [-0.3, -0.25) is 9.10 Å². The van der Waals surface area contributed by atoms with Crippen LogP contribution >= 0.6 is 0 Å². The number of ether oxygens (including phenoxy) is 2. The molecule has 168 valence electrons. The van der Waals surface area contributed by atoms with Gasteiger partial charge in [0.1, 0.15) is 23.9 Å². The number of methoxy groups -OCH3 is 2. The van der Waals surface area contributed by atoms with E-state index in [-0.39, 0.29) is 4.90 Å². The average Bonchev–Trinajstić information content (AvgIpc) is 2.78. The molecule has 1 N–H and O–H groups in total. The first-order valence-corrected chi connectivity index (χ1v) is 11.1. The van der Waals surface area contributed by atoms with Crippen LogP contribution in [0.1, 0.15) is 5.56 Å². The van der Waals surface area contributed by atoms with Crippen LogP contribution in [0.2, 0.25) is 0 Å². The number of nitrogens with one attached hydrogen (secondary N) is 1. The SMILES string of the molecule is COc1ccc(OC)c(NC(=O)CN(c2ccc(C)cc2)S(=O)(=O)c2ccc(F)cc2)c1. The highest BCUT2D eigenvalue weighted by Crippen LogP contribution is 2.29. The predicted octanol–water partition coefficient (Wildman–Crippen LogP) is 3.99. The maximum atomic E-state index is 13.3. The van der Waals surface area contributed by atoms with Gasteiger partial charge >= 0.3 is 0 Å². The highest BCUT2D eigenvalue weighted by molar-refractivity contribution is 7.92. The first-order valence-electron chi connectivity index (χ1n) is 9.61. The van der Waals surface area contributed by atoms with Crippen LogP contribution in [0, 0.1) is 12.7 Å². The second-order valence-corrected chi connectivity index (χ2v) is 8.78. The van der Waals surface area contributed by atoms with Gasteiger partial charge in [-0.2, -0.15) is 0 Å². The van der Waals surface area contributed by atoms with Crippen LogP contribution in [0.5, 0.6) is 11.5 Å². The highest BCUT2D eigenvalue weighted by atomic mass is 32.2. The monoisotopic (exact) mass is 458 g/mol. The normalized spacial score (nSPS) is 11.0. The Balaban J connectivity index is 1.95. The second-order valence-electron chi connectivity index (χ2n) is 6.92. The van der Waals surface area contributed by atoms with E-state index in [9.17, 15) is 17.6 Å². The molecule has 0 saturated heterocycles. The van der Waals surface area contributed by atoms with E-state index in [1.54, 1.807) is 42.5 Å². The van der Waals surface area contributed by atoms with Crippen LogP contribution in [0.3, 0.4) is 0 Å². The summed E-state index contributed by atoms with van der Waals surface area (Å²) in [6, 6.07) is 16.0. The fourth-order valence-electron chi connectivity index (χ4n) is 2.99. The number of sulfonamides is 1. The molecule has 32 heavy (non-hydrogen) atoms. The van der Waals surface area contributed by atoms with Gasteiger partial charge in [0.2, 0.25) is 5.91 Å². The fraction of sp³-hybridized carbons (Fsp3) is 0.174. The van der Waals surface area contributed by atoms with Crippen molar-refractivity contribution in [3.8, 4) is 11.5 Å². The first kappa shape index (κ1) is 23.1. The summed E-state index contributed by atoms with van der Waals surface area (Å²) in [6.07, 6.45) is 0. The molecular formula is C23H23FN2O5S. The third kappa shape index (κ3) is 5.17. The molecular weight excluding hydrogens is 435 g/mol. The van der Waals surface area contributed by atoms with Gasteiger partial charge < -0.3 is 14.8 Å². The molecule has 0 radical (unpaired) electrons. The third-order valence-corrected chi connectivity index (χ3v) is 6.48. The van der Waals surface area contributed by atoms with Crippen LogP contribution in [-0.4, -0.2) is 35.1 Å². The number of aryl methyl sites for hydroxylation is 1. The molecule has 0 spiro atoms. The van der Waals surface area contributed by atoms with Gasteiger partial charge in [0.05, 0.1) is 30.5 Å². The Hall–Kier alpha value is -3.59. The Morgan fingerprint density at radius 1 is 0.969 bits per heavy atom. The van der Waals surface area contributed by atoms with Gasteiger partial charge in [0.25, 0.3) is 10.0 Å². The summed E-state index contributed by atoms with van der Waals surface area (Å²) < 4.78 is 51.4. The fourth-order valence-corrected chi connectivity index (χ4v) is 4.41. The summed E-state index contributed by atoms with van der Waals surface area (Å²) in [5, 5.41) is 2.67. The van der Waals surface area contributed by atoms with Gasteiger partial charge in [-0.1, -0.05) is 17.7 Å². The number of benzene rings is 3. The van der Waals surface area contributed by atoms with E-state index in [2.05, 4.69) is 5.32 Å². The zero-order chi connectivity index (χ0) is 23.3. The summed E-state index contributed by atoms with van der Waals surface area (Å²) in [5.41, 5.74) is 1.56. The summed E-state index contributed by atoms with van der Waals surface area (Å²) >= 11 is 0. The molecule has 0 aromatic heterocycles. The van der Waals surface area contributed by atoms with Crippen molar-refractivity contribution in [2.75, 3.05) is 30.4 Å². The van der Waals surface area contributed by atoms with Crippen LogP contribution < -0.4 is 19.1 Å². The number of rotatable bonds is 8.